The van der Waals surface area contributed by atoms with Gasteiger partial charge in [0.1, 0.15) is 11.3 Å². The topological polar surface area (TPSA) is 92.8 Å². The van der Waals surface area contributed by atoms with Crippen LogP contribution >= 0.6 is 0 Å². The summed E-state index contributed by atoms with van der Waals surface area (Å²) in [7, 11) is 1.23. The summed E-state index contributed by atoms with van der Waals surface area (Å²) in [6.45, 7) is 1.46. The number of nitrogens with two attached hydrogens (primary N) is 1. The zero-order valence-corrected chi connectivity index (χ0v) is 9.23. The molecule has 0 aliphatic heterocycles. The standard InChI is InChI=1S/C11H15NO4/c1-6-3-7(9(12)5-13)10(14)8(4-6)11(15)16-2/h3-4,9,13-14H,5,12H2,1-2H3/t9-/m0/s1. The Bertz CT molecular complexity index is 403. The van der Waals surface area contributed by atoms with Crippen LogP contribution in [0.2, 0.25) is 0 Å². The Balaban J connectivity index is 3.31. The Morgan fingerprint density at radius 2 is 2.19 bits per heavy atom. The van der Waals surface area contributed by atoms with Crippen LogP contribution in [-0.2, 0) is 4.74 Å². The average Bonchev–Trinajstić information content (AvgIpc) is 2.29. The number of aliphatic hydroxyl groups excluding tert-OH is 1. The molecule has 0 radical (unpaired) electrons. The second-order valence-corrected chi connectivity index (χ2v) is 3.53. The van der Waals surface area contributed by atoms with E-state index in [9.17, 15) is 9.90 Å². The molecule has 5 nitrogen and oxygen atoms in total. The summed E-state index contributed by atoms with van der Waals surface area (Å²) in [6.07, 6.45) is 0. The van der Waals surface area contributed by atoms with E-state index < -0.39 is 12.0 Å². The number of rotatable bonds is 3. The lowest BCUT2D eigenvalue weighted by atomic mass is 10.00. The molecule has 1 atom stereocenters. The van der Waals surface area contributed by atoms with Gasteiger partial charge in [0.05, 0.1) is 19.8 Å². The minimum atomic E-state index is -0.719. The number of benzene rings is 1. The van der Waals surface area contributed by atoms with Crippen LogP contribution in [0.5, 0.6) is 5.75 Å². The van der Waals surface area contributed by atoms with Gasteiger partial charge in [-0.25, -0.2) is 4.79 Å². The van der Waals surface area contributed by atoms with Crippen molar-refractivity contribution < 1.29 is 19.7 Å². The van der Waals surface area contributed by atoms with Crippen molar-refractivity contribution in [2.24, 2.45) is 5.73 Å². The predicted molar refractivity (Wildman–Crippen MR) is 58.2 cm³/mol. The highest BCUT2D eigenvalue weighted by molar-refractivity contribution is 5.93. The molecule has 1 aromatic rings. The predicted octanol–water partition coefficient (Wildman–Crippen LogP) is 0.479. The summed E-state index contributed by atoms with van der Waals surface area (Å²) in [5.74, 6) is -0.869. The molecule has 0 unspecified atom stereocenters. The summed E-state index contributed by atoms with van der Waals surface area (Å²) in [5.41, 5.74) is 6.77. The number of methoxy groups -OCH3 is 1. The first kappa shape index (κ1) is 12.5. The number of aryl methyl sites for hydroxylation is 1. The lowest BCUT2D eigenvalue weighted by molar-refractivity contribution is 0.0597. The summed E-state index contributed by atoms with van der Waals surface area (Å²) in [5, 5.41) is 18.8. The molecular weight excluding hydrogens is 210 g/mol. The summed E-state index contributed by atoms with van der Waals surface area (Å²) in [6, 6.07) is 2.42. The van der Waals surface area contributed by atoms with Gasteiger partial charge >= 0.3 is 5.97 Å². The molecular formula is C11H15NO4. The van der Waals surface area contributed by atoms with E-state index in [2.05, 4.69) is 4.74 Å². The van der Waals surface area contributed by atoms with E-state index in [0.717, 1.165) is 5.56 Å². The fourth-order valence-electron chi connectivity index (χ4n) is 1.45. The van der Waals surface area contributed by atoms with E-state index >= 15 is 0 Å². The molecule has 0 aliphatic rings. The Morgan fingerprint density at radius 1 is 1.56 bits per heavy atom. The number of aliphatic hydroxyl groups is 1. The smallest absolute Gasteiger partial charge is 0.341 e. The first-order valence-corrected chi connectivity index (χ1v) is 4.79. The van der Waals surface area contributed by atoms with Crippen LogP contribution in [0.4, 0.5) is 0 Å². The van der Waals surface area contributed by atoms with E-state index in [1.165, 1.54) is 13.2 Å². The van der Waals surface area contributed by atoms with Gasteiger partial charge in [-0.3, -0.25) is 0 Å². The van der Waals surface area contributed by atoms with Crippen molar-refractivity contribution in [1.29, 1.82) is 0 Å². The van der Waals surface area contributed by atoms with Gasteiger partial charge in [-0.15, -0.1) is 0 Å². The molecule has 0 spiro atoms. The van der Waals surface area contributed by atoms with Gasteiger partial charge in [0.25, 0.3) is 0 Å². The number of hydrogen-bond donors (Lipinski definition) is 3. The molecule has 0 bridgehead atoms. The van der Waals surface area contributed by atoms with Crippen molar-refractivity contribution in [1.82, 2.24) is 0 Å². The van der Waals surface area contributed by atoms with Crippen molar-refractivity contribution in [3.63, 3.8) is 0 Å². The monoisotopic (exact) mass is 225 g/mol. The van der Waals surface area contributed by atoms with E-state index in [1.807, 2.05) is 0 Å². The van der Waals surface area contributed by atoms with Crippen molar-refractivity contribution in [3.05, 3.63) is 28.8 Å². The van der Waals surface area contributed by atoms with Gasteiger partial charge in [0.15, 0.2) is 0 Å². The largest absolute Gasteiger partial charge is 0.507 e. The number of hydrogen-bond acceptors (Lipinski definition) is 5. The number of phenols is 1. The van der Waals surface area contributed by atoms with Crippen molar-refractivity contribution in [3.8, 4) is 5.75 Å². The molecule has 0 saturated heterocycles. The van der Waals surface area contributed by atoms with Crippen molar-refractivity contribution in [2.75, 3.05) is 13.7 Å². The van der Waals surface area contributed by atoms with Crippen LogP contribution in [0.1, 0.15) is 27.5 Å². The van der Waals surface area contributed by atoms with Gasteiger partial charge in [-0.05, 0) is 18.6 Å². The van der Waals surface area contributed by atoms with Crippen molar-refractivity contribution >= 4 is 5.97 Å². The molecule has 0 amide bonds. The normalized spacial score (nSPS) is 12.2. The third kappa shape index (κ3) is 2.32. The zero-order valence-electron chi connectivity index (χ0n) is 9.23. The second-order valence-electron chi connectivity index (χ2n) is 3.53. The van der Waals surface area contributed by atoms with Gasteiger partial charge < -0.3 is 20.7 Å². The second kappa shape index (κ2) is 4.96. The fourth-order valence-corrected chi connectivity index (χ4v) is 1.45. The molecule has 4 N–H and O–H groups in total. The molecule has 0 aromatic heterocycles. The first-order valence-electron chi connectivity index (χ1n) is 4.79. The quantitative estimate of drug-likeness (QED) is 0.650. The Kier molecular flexibility index (Phi) is 3.87. The number of carbonyl (C=O) groups is 1. The van der Waals surface area contributed by atoms with Gasteiger partial charge in [0, 0.05) is 5.56 Å². The van der Waals surface area contributed by atoms with Crippen molar-refractivity contribution in [2.45, 2.75) is 13.0 Å². The summed E-state index contributed by atoms with van der Waals surface area (Å²) in [4.78, 5) is 11.4. The lowest BCUT2D eigenvalue weighted by Crippen LogP contribution is -2.16. The minimum Gasteiger partial charge on any atom is -0.507 e. The Labute approximate surface area is 93.5 Å². The molecule has 1 aromatic carbocycles. The SMILES string of the molecule is COC(=O)c1cc(C)cc([C@@H](N)CO)c1O. The zero-order chi connectivity index (χ0) is 12.3. The van der Waals surface area contributed by atoms with Crippen LogP contribution < -0.4 is 5.73 Å². The molecule has 0 aliphatic carbocycles. The lowest BCUT2D eigenvalue weighted by Gasteiger charge is -2.14. The van der Waals surface area contributed by atoms with E-state index in [-0.39, 0.29) is 17.9 Å². The highest BCUT2D eigenvalue weighted by Gasteiger charge is 2.19. The molecule has 0 heterocycles. The van der Waals surface area contributed by atoms with Crippen LogP contribution in [0, 0.1) is 6.92 Å². The maximum absolute atomic E-state index is 11.4. The maximum Gasteiger partial charge on any atom is 0.341 e. The molecule has 0 fully saturated rings. The van der Waals surface area contributed by atoms with E-state index in [1.54, 1.807) is 13.0 Å². The Hall–Kier alpha value is -1.59. The summed E-state index contributed by atoms with van der Waals surface area (Å²) < 4.78 is 4.54. The molecule has 16 heavy (non-hydrogen) atoms. The van der Waals surface area contributed by atoms with Crippen LogP contribution in [-0.4, -0.2) is 29.9 Å². The number of aromatic hydroxyl groups is 1. The highest BCUT2D eigenvalue weighted by Crippen LogP contribution is 2.29. The minimum absolute atomic E-state index is 0.0569. The molecule has 5 heteroatoms. The van der Waals surface area contributed by atoms with Gasteiger partial charge in [-0.2, -0.15) is 0 Å². The average molecular weight is 225 g/mol. The summed E-state index contributed by atoms with van der Waals surface area (Å²) >= 11 is 0. The molecule has 88 valence electrons. The number of phenolic OH excluding ortho intramolecular Hbond substituents is 1. The number of ether oxygens (including phenoxy) is 1. The molecule has 0 saturated carbocycles. The number of carbonyl (C=O) groups excluding carboxylic acids is 1. The van der Waals surface area contributed by atoms with Crippen LogP contribution in [0.25, 0.3) is 0 Å². The number of esters is 1. The van der Waals surface area contributed by atoms with E-state index in [0.29, 0.717) is 5.56 Å². The fraction of sp³-hybridized carbons (Fsp3) is 0.364. The van der Waals surface area contributed by atoms with Crippen LogP contribution in [0.3, 0.4) is 0 Å². The maximum atomic E-state index is 11.4. The first-order chi connectivity index (χ1) is 7.51. The molecule has 1 rings (SSSR count). The van der Waals surface area contributed by atoms with Gasteiger partial charge in [0.2, 0.25) is 0 Å². The Morgan fingerprint density at radius 3 is 2.69 bits per heavy atom. The highest BCUT2D eigenvalue weighted by atomic mass is 16.5. The van der Waals surface area contributed by atoms with Gasteiger partial charge in [-0.1, -0.05) is 6.07 Å². The third-order valence-electron chi connectivity index (χ3n) is 2.29. The van der Waals surface area contributed by atoms with E-state index in [4.69, 9.17) is 10.8 Å². The van der Waals surface area contributed by atoms with Crippen LogP contribution in [0.15, 0.2) is 12.1 Å². The third-order valence-corrected chi connectivity index (χ3v) is 2.29.